The summed E-state index contributed by atoms with van der Waals surface area (Å²) >= 11 is 1.33. The van der Waals surface area contributed by atoms with Gasteiger partial charge >= 0.3 is 0 Å². The zero-order chi connectivity index (χ0) is 22.0. The number of sulfone groups is 1. The van der Waals surface area contributed by atoms with Crippen LogP contribution < -0.4 is 9.64 Å². The highest BCUT2D eigenvalue weighted by Gasteiger charge is 2.28. The van der Waals surface area contributed by atoms with E-state index < -0.39 is 9.84 Å². The maximum absolute atomic E-state index is 13.3. The van der Waals surface area contributed by atoms with Crippen molar-refractivity contribution in [2.45, 2.75) is 36.7 Å². The summed E-state index contributed by atoms with van der Waals surface area (Å²) in [5.74, 6) is 0.223. The molecule has 8 nitrogen and oxygen atoms in total. The minimum absolute atomic E-state index is 0.0618. The van der Waals surface area contributed by atoms with Crippen molar-refractivity contribution in [3.63, 3.8) is 0 Å². The van der Waals surface area contributed by atoms with Crippen molar-refractivity contribution in [2.75, 3.05) is 37.3 Å². The van der Waals surface area contributed by atoms with Crippen LogP contribution in [0.4, 0.5) is 5.13 Å². The Balaban J connectivity index is 1.53. The zero-order valence-electron chi connectivity index (χ0n) is 17.3. The van der Waals surface area contributed by atoms with Crippen molar-refractivity contribution in [1.29, 1.82) is 5.26 Å². The van der Waals surface area contributed by atoms with Gasteiger partial charge in [0.05, 0.1) is 22.8 Å². The van der Waals surface area contributed by atoms with Gasteiger partial charge in [0.25, 0.3) is 5.91 Å². The normalized spacial score (nSPS) is 17.5. The fourth-order valence-electron chi connectivity index (χ4n) is 3.93. The Bertz CT molecular complexity index is 1110. The molecule has 1 aromatic heterocycles. The third kappa shape index (κ3) is 4.83. The summed E-state index contributed by atoms with van der Waals surface area (Å²) in [6.45, 7) is 2.14. The Hall–Kier alpha value is -2.64. The van der Waals surface area contributed by atoms with Crippen LogP contribution in [0.15, 0.2) is 29.3 Å². The molecule has 0 unspecified atom stereocenters. The Kier molecular flexibility index (Phi) is 6.16. The highest BCUT2D eigenvalue weighted by molar-refractivity contribution is 7.90. The lowest BCUT2D eigenvalue weighted by Gasteiger charge is -2.35. The first kappa shape index (κ1) is 21.6. The molecular formula is C21H24N4O4S2. The maximum atomic E-state index is 13.3. The molecule has 0 spiro atoms. The van der Waals surface area contributed by atoms with Gasteiger partial charge in [-0.2, -0.15) is 5.26 Å². The minimum atomic E-state index is -3.45. The number of hydrogen-bond acceptors (Lipinski definition) is 8. The number of aromatic nitrogens is 1. The van der Waals surface area contributed by atoms with Gasteiger partial charge in [0.15, 0.2) is 15.0 Å². The molecule has 2 fully saturated rings. The number of benzene rings is 1. The fourth-order valence-corrected chi connectivity index (χ4v) is 5.34. The first-order chi connectivity index (χ1) is 14.8. The Labute approximate surface area is 186 Å². The smallest absolute Gasteiger partial charge is 0.257 e. The number of piperazine rings is 1. The quantitative estimate of drug-likeness (QED) is 0.676. The van der Waals surface area contributed by atoms with Crippen molar-refractivity contribution in [1.82, 2.24) is 9.88 Å². The van der Waals surface area contributed by atoms with Gasteiger partial charge < -0.3 is 14.5 Å². The largest absolute Gasteiger partial charge is 0.490 e. The van der Waals surface area contributed by atoms with Gasteiger partial charge in [0.2, 0.25) is 0 Å². The van der Waals surface area contributed by atoms with Crippen LogP contribution >= 0.6 is 11.3 Å². The lowest BCUT2D eigenvalue weighted by atomic mass is 10.1. The molecule has 2 aliphatic rings. The number of nitrogens with zero attached hydrogens (tertiary/aromatic N) is 4. The molecule has 1 aliphatic heterocycles. The fraction of sp³-hybridized carbons (Fsp3) is 0.476. The van der Waals surface area contributed by atoms with Crippen LogP contribution in [0.1, 0.15) is 40.9 Å². The van der Waals surface area contributed by atoms with E-state index in [2.05, 4.69) is 16.0 Å². The number of carbonyl (C=O) groups is 1. The molecule has 1 saturated heterocycles. The minimum Gasteiger partial charge on any atom is -0.490 e. The molecule has 0 radical (unpaired) electrons. The molecule has 2 aromatic rings. The second-order valence-corrected chi connectivity index (χ2v) is 10.9. The first-order valence-electron chi connectivity index (χ1n) is 10.3. The molecule has 1 saturated carbocycles. The summed E-state index contributed by atoms with van der Waals surface area (Å²) in [5, 5.41) is 9.76. The third-order valence-corrected chi connectivity index (χ3v) is 7.72. The predicted octanol–water partition coefficient (Wildman–Crippen LogP) is 2.70. The topological polar surface area (TPSA) is 104 Å². The number of anilines is 1. The van der Waals surface area contributed by atoms with Gasteiger partial charge in [0.1, 0.15) is 16.7 Å². The first-order valence-corrected chi connectivity index (χ1v) is 13.0. The predicted molar refractivity (Wildman–Crippen MR) is 117 cm³/mol. The van der Waals surface area contributed by atoms with E-state index in [1.165, 1.54) is 23.5 Å². The summed E-state index contributed by atoms with van der Waals surface area (Å²) in [7, 11) is -3.45. The van der Waals surface area contributed by atoms with E-state index in [1.807, 2.05) is 0 Å². The van der Waals surface area contributed by atoms with E-state index in [0.717, 1.165) is 37.1 Å². The summed E-state index contributed by atoms with van der Waals surface area (Å²) in [6, 6.07) is 6.64. The molecule has 31 heavy (non-hydrogen) atoms. The molecule has 0 atom stereocenters. The van der Waals surface area contributed by atoms with Crippen molar-refractivity contribution in [2.24, 2.45) is 0 Å². The zero-order valence-corrected chi connectivity index (χ0v) is 18.9. The van der Waals surface area contributed by atoms with Crippen molar-refractivity contribution in [3.8, 4) is 11.8 Å². The molecule has 4 rings (SSSR count). The molecule has 10 heteroatoms. The average molecular weight is 461 g/mol. The second kappa shape index (κ2) is 8.85. The molecule has 164 valence electrons. The molecule has 0 bridgehead atoms. The number of hydrogen-bond donors (Lipinski definition) is 0. The van der Waals surface area contributed by atoms with E-state index in [1.54, 1.807) is 17.2 Å². The van der Waals surface area contributed by atoms with E-state index in [9.17, 15) is 13.2 Å². The van der Waals surface area contributed by atoms with Crippen LogP contribution in [0.2, 0.25) is 0 Å². The van der Waals surface area contributed by atoms with Crippen molar-refractivity contribution in [3.05, 3.63) is 34.8 Å². The highest BCUT2D eigenvalue weighted by Crippen LogP contribution is 2.30. The Morgan fingerprint density at radius 1 is 1.23 bits per heavy atom. The van der Waals surface area contributed by atoms with Gasteiger partial charge in [-0.25, -0.2) is 13.4 Å². The van der Waals surface area contributed by atoms with E-state index in [-0.39, 0.29) is 16.9 Å². The SMILES string of the molecule is CS(=O)(=O)c1ccc(OC2CCCC2)c(C(=O)N2CCN(c3ncc(C#N)s3)CC2)c1. The van der Waals surface area contributed by atoms with Crippen LogP contribution in [-0.4, -0.2) is 62.7 Å². The number of thiazole rings is 1. The number of nitriles is 1. The van der Waals surface area contributed by atoms with E-state index in [4.69, 9.17) is 10.00 Å². The number of amides is 1. The molecular weight excluding hydrogens is 436 g/mol. The molecule has 2 heterocycles. The van der Waals surface area contributed by atoms with Crippen molar-refractivity contribution < 1.29 is 17.9 Å². The average Bonchev–Trinajstić information content (AvgIpc) is 3.45. The third-order valence-electron chi connectivity index (χ3n) is 5.65. The lowest BCUT2D eigenvalue weighted by molar-refractivity contribution is 0.0739. The maximum Gasteiger partial charge on any atom is 0.257 e. The Morgan fingerprint density at radius 3 is 2.55 bits per heavy atom. The molecule has 1 aromatic carbocycles. The van der Waals surface area contributed by atoms with Crippen LogP contribution in [0.25, 0.3) is 0 Å². The van der Waals surface area contributed by atoms with Gasteiger partial charge in [-0.15, -0.1) is 0 Å². The highest BCUT2D eigenvalue weighted by atomic mass is 32.2. The summed E-state index contributed by atoms with van der Waals surface area (Å²) < 4.78 is 30.2. The van der Waals surface area contributed by atoms with Gasteiger partial charge in [0, 0.05) is 32.4 Å². The van der Waals surface area contributed by atoms with E-state index in [0.29, 0.717) is 42.4 Å². The lowest BCUT2D eigenvalue weighted by Crippen LogP contribution is -2.48. The molecule has 1 amide bonds. The van der Waals surface area contributed by atoms with Gasteiger partial charge in [-0.05, 0) is 43.9 Å². The number of carbonyl (C=O) groups excluding carboxylic acids is 1. The standard InChI is InChI=1S/C21H24N4O4S2/c1-31(27,28)17-6-7-19(29-15-4-2-3-5-15)18(12-17)20(26)24-8-10-25(11-9-24)21-23-14-16(13-22)30-21/h6-7,12,14-15H,2-5,8-11H2,1H3. The molecule has 0 N–H and O–H groups in total. The van der Waals surface area contributed by atoms with Crippen LogP contribution in [0.5, 0.6) is 5.75 Å². The van der Waals surface area contributed by atoms with Crippen molar-refractivity contribution >= 4 is 32.2 Å². The van der Waals surface area contributed by atoms with Crippen LogP contribution in [-0.2, 0) is 9.84 Å². The van der Waals surface area contributed by atoms with Crippen LogP contribution in [0.3, 0.4) is 0 Å². The summed E-state index contributed by atoms with van der Waals surface area (Å²) in [5.41, 5.74) is 0.296. The van der Waals surface area contributed by atoms with Gasteiger partial charge in [-0.3, -0.25) is 4.79 Å². The number of rotatable bonds is 5. The van der Waals surface area contributed by atoms with Gasteiger partial charge in [-0.1, -0.05) is 11.3 Å². The van der Waals surface area contributed by atoms with Crippen LogP contribution in [0, 0.1) is 11.3 Å². The summed E-state index contributed by atoms with van der Waals surface area (Å²) in [4.78, 5) is 22.1. The summed E-state index contributed by atoms with van der Waals surface area (Å²) in [6.07, 6.45) is 6.84. The Morgan fingerprint density at radius 2 is 1.94 bits per heavy atom. The monoisotopic (exact) mass is 460 g/mol. The number of ether oxygens (including phenoxy) is 1. The second-order valence-electron chi connectivity index (χ2n) is 7.85. The molecule has 1 aliphatic carbocycles. The van der Waals surface area contributed by atoms with E-state index >= 15 is 0 Å².